The molecule has 1 heterocycles. The van der Waals surface area contributed by atoms with Gasteiger partial charge in [-0.3, -0.25) is 0 Å². The zero-order chi connectivity index (χ0) is 10.6. The smallest absolute Gasteiger partial charge is 0.0915 e. The molecule has 0 aliphatic rings. The lowest BCUT2D eigenvalue weighted by atomic mass is 10.00. The first-order valence-electron chi connectivity index (χ1n) is 4.55. The molecule has 0 fully saturated rings. The average molecular weight is 216 g/mol. The fourth-order valence-corrected chi connectivity index (χ4v) is 1.57. The molecule has 4 nitrogen and oxygen atoms in total. The number of rotatable bonds is 5. The van der Waals surface area contributed by atoms with E-state index in [0.29, 0.717) is 6.42 Å². The van der Waals surface area contributed by atoms with Gasteiger partial charge >= 0.3 is 0 Å². The van der Waals surface area contributed by atoms with E-state index in [1.165, 1.54) is 11.5 Å². The van der Waals surface area contributed by atoms with Gasteiger partial charge in [-0.25, -0.2) is 0 Å². The number of hydrogen-bond acceptors (Lipinski definition) is 5. The minimum absolute atomic E-state index is 0.181. The van der Waals surface area contributed by atoms with Crippen molar-refractivity contribution in [2.75, 3.05) is 7.11 Å². The SMILES string of the molecule is COC(C)(C)CCC(O)c1cnns1. The van der Waals surface area contributed by atoms with Crippen molar-refractivity contribution < 1.29 is 9.84 Å². The van der Waals surface area contributed by atoms with Crippen LogP contribution in [-0.4, -0.2) is 27.4 Å². The summed E-state index contributed by atoms with van der Waals surface area (Å²) in [6.07, 6.45) is 2.62. The maximum atomic E-state index is 9.74. The molecule has 0 spiro atoms. The van der Waals surface area contributed by atoms with E-state index in [1.54, 1.807) is 13.3 Å². The number of ether oxygens (including phenoxy) is 1. The van der Waals surface area contributed by atoms with E-state index in [9.17, 15) is 5.11 Å². The summed E-state index contributed by atoms with van der Waals surface area (Å²) in [5, 5.41) is 13.4. The molecule has 0 amide bonds. The van der Waals surface area contributed by atoms with Crippen molar-refractivity contribution in [3.8, 4) is 0 Å². The molecule has 1 N–H and O–H groups in total. The molecular weight excluding hydrogens is 200 g/mol. The molecule has 0 aliphatic carbocycles. The van der Waals surface area contributed by atoms with Crippen molar-refractivity contribution in [1.82, 2.24) is 9.59 Å². The second-order valence-electron chi connectivity index (χ2n) is 3.84. The summed E-state index contributed by atoms with van der Waals surface area (Å²) in [5.41, 5.74) is -0.181. The van der Waals surface area contributed by atoms with Crippen molar-refractivity contribution in [3.63, 3.8) is 0 Å². The predicted octanol–water partition coefficient (Wildman–Crippen LogP) is 1.78. The maximum absolute atomic E-state index is 9.74. The summed E-state index contributed by atoms with van der Waals surface area (Å²) in [7, 11) is 1.68. The molecule has 14 heavy (non-hydrogen) atoms. The van der Waals surface area contributed by atoms with Crippen molar-refractivity contribution in [1.29, 1.82) is 0 Å². The van der Waals surface area contributed by atoms with Crippen LogP contribution in [0.5, 0.6) is 0 Å². The van der Waals surface area contributed by atoms with Gasteiger partial charge in [-0.15, -0.1) is 5.10 Å². The topological polar surface area (TPSA) is 55.2 Å². The van der Waals surface area contributed by atoms with Gasteiger partial charge in [0, 0.05) is 7.11 Å². The van der Waals surface area contributed by atoms with E-state index in [2.05, 4.69) is 9.59 Å². The summed E-state index contributed by atoms with van der Waals surface area (Å²) >= 11 is 1.24. The Kier molecular flexibility index (Phi) is 3.97. The van der Waals surface area contributed by atoms with E-state index < -0.39 is 6.10 Å². The maximum Gasteiger partial charge on any atom is 0.0915 e. The molecular formula is C9H16N2O2S. The van der Waals surface area contributed by atoms with Gasteiger partial charge in [-0.1, -0.05) is 4.49 Å². The van der Waals surface area contributed by atoms with Crippen LogP contribution in [-0.2, 0) is 4.74 Å². The molecule has 0 saturated heterocycles. The molecule has 0 aromatic carbocycles. The number of aliphatic hydroxyl groups excluding tert-OH is 1. The van der Waals surface area contributed by atoms with Gasteiger partial charge in [-0.2, -0.15) is 0 Å². The molecule has 1 unspecified atom stereocenters. The van der Waals surface area contributed by atoms with Crippen LogP contribution < -0.4 is 0 Å². The third kappa shape index (κ3) is 3.32. The molecule has 1 aromatic heterocycles. The molecule has 1 aromatic rings. The molecule has 0 bridgehead atoms. The average Bonchev–Trinajstić information content (AvgIpc) is 2.67. The first kappa shape index (κ1) is 11.6. The van der Waals surface area contributed by atoms with Crippen LogP contribution in [0.4, 0.5) is 0 Å². The van der Waals surface area contributed by atoms with Crippen LogP contribution >= 0.6 is 11.5 Å². The van der Waals surface area contributed by atoms with Crippen LogP contribution in [0.2, 0.25) is 0 Å². The van der Waals surface area contributed by atoms with Gasteiger partial charge < -0.3 is 9.84 Å². The lowest BCUT2D eigenvalue weighted by Gasteiger charge is -2.23. The van der Waals surface area contributed by atoms with Gasteiger partial charge in [0.15, 0.2) is 0 Å². The van der Waals surface area contributed by atoms with E-state index in [4.69, 9.17) is 4.74 Å². The number of hydrogen-bond donors (Lipinski definition) is 1. The van der Waals surface area contributed by atoms with Crippen LogP contribution in [0.25, 0.3) is 0 Å². The molecule has 0 aliphatic heterocycles. The summed E-state index contributed by atoms with van der Waals surface area (Å²) in [4.78, 5) is 0.817. The Morgan fingerprint density at radius 3 is 2.86 bits per heavy atom. The van der Waals surface area contributed by atoms with Crippen molar-refractivity contribution in [3.05, 3.63) is 11.1 Å². The van der Waals surface area contributed by atoms with Crippen molar-refractivity contribution >= 4 is 11.5 Å². The minimum atomic E-state index is -0.468. The molecule has 1 atom stereocenters. The standard InChI is InChI=1S/C9H16N2O2S/c1-9(2,13-3)5-4-7(12)8-6-10-11-14-8/h6-7,12H,4-5H2,1-3H3. The lowest BCUT2D eigenvalue weighted by Crippen LogP contribution is -2.22. The molecule has 0 saturated carbocycles. The zero-order valence-corrected chi connectivity index (χ0v) is 9.54. The van der Waals surface area contributed by atoms with Gasteiger partial charge in [0.05, 0.1) is 22.8 Å². The fraction of sp³-hybridized carbons (Fsp3) is 0.778. The van der Waals surface area contributed by atoms with Gasteiger partial charge in [0.25, 0.3) is 0 Å². The highest BCUT2D eigenvalue weighted by atomic mass is 32.1. The third-order valence-electron chi connectivity index (χ3n) is 2.28. The Morgan fingerprint density at radius 1 is 1.64 bits per heavy atom. The van der Waals surface area contributed by atoms with Crippen LogP contribution in [0, 0.1) is 0 Å². The zero-order valence-electron chi connectivity index (χ0n) is 8.73. The van der Waals surface area contributed by atoms with Crippen molar-refractivity contribution in [2.24, 2.45) is 0 Å². The van der Waals surface area contributed by atoms with E-state index >= 15 is 0 Å². The fourth-order valence-electron chi connectivity index (χ4n) is 1.05. The number of nitrogens with zero attached hydrogens (tertiary/aromatic N) is 2. The lowest BCUT2D eigenvalue weighted by molar-refractivity contribution is 0.00308. The first-order valence-corrected chi connectivity index (χ1v) is 5.33. The second-order valence-corrected chi connectivity index (χ2v) is 4.66. The third-order valence-corrected chi connectivity index (χ3v) is 3.04. The van der Waals surface area contributed by atoms with Gasteiger partial charge in [-0.05, 0) is 38.2 Å². The highest BCUT2D eigenvalue weighted by molar-refractivity contribution is 7.05. The summed E-state index contributed by atoms with van der Waals surface area (Å²) in [6.45, 7) is 4.01. The van der Waals surface area contributed by atoms with Crippen LogP contribution in [0.1, 0.15) is 37.7 Å². The van der Waals surface area contributed by atoms with Crippen molar-refractivity contribution in [2.45, 2.75) is 38.4 Å². The highest BCUT2D eigenvalue weighted by Crippen LogP contribution is 2.25. The number of aliphatic hydroxyl groups is 1. The predicted molar refractivity (Wildman–Crippen MR) is 55.2 cm³/mol. The normalized spacial score (nSPS) is 14.3. The second kappa shape index (κ2) is 4.82. The first-order chi connectivity index (χ1) is 6.55. The van der Waals surface area contributed by atoms with E-state index in [0.717, 1.165) is 11.3 Å². The summed E-state index contributed by atoms with van der Waals surface area (Å²) in [5.74, 6) is 0. The Bertz CT molecular complexity index is 262. The summed E-state index contributed by atoms with van der Waals surface area (Å²) in [6, 6.07) is 0. The summed E-state index contributed by atoms with van der Waals surface area (Å²) < 4.78 is 8.97. The molecule has 5 heteroatoms. The number of methoxy groups -OCH3 is 1. The quantitative estimate of drug-likeness (QED) is 0.815. The Hall–Kier alpha value is -0.520. The molecule has 1 rings (SSSR count). The highest BCUT2D eigenvalue weighted by Gasteiger charge is 2.19. The minimum Gasteiger partial charge on any atom is -0.387 e. The Balaban J connectivity index is 2.39. The van der Waals surface area contributed by atoms with Gasteiger partial charge in [0.2, 0.25) is 0 Å². The van der Waals surface area contributed by atoms with Crippen LogP contribution in [0.15, 0.2) is 6.20 Å². The monoisotopic (exact) mass is 216 g/mol. The Labute approximate surface area is 88.1 Å². The van der Waals surface area contributed by atoms with Crippen LogP contribution in [0.3, 0.4) is 0 Å². The largest absolute Gasteiger partial charge is 0.387 e. The molecule has 80 valence electrons. The van der Waals surface area contributed by atoms with E-state index in [1.807, 2.05) is 13.8 Å². The van der Waals surface area contributed by atoms with E-state index in [-0.39, 0.29) is 5.60 Å². The Morgan fingerprint density at radius 2 is 2.36 bits per heavy atom. The number of aromatic nitrogens is 2. The molecule has 0 radical (unpaired) electrons. The van der Waals surface area contributed by atoms with Gasteiger partial charge in [0.1, 0.15) is 0 Å².